The van der Waals surface area contributed by atoms with Crippen molar-refractivity contribution in [2.45, 2.75) is 26.4 Å². The Balaban J connectivity index is 2.46. The summed E-state index contributed by atoms with van der Waals surface area (Å²) >= 11 is 0. The quantitative estimate of drug-likeness (QED) is 0.856. The van der Waals surface area contributed by atoms with Gasteiger partial charge >= 0.3 is 12.3 Å². The molecule has 118 valence electrons. The summed E-state index contributed by atoms with van der Waals surface area (Å²) in [6, 6.07) is 6.38. The fourth-order valence-corrected chi connectivity index (χ4v) is 1.38. The molecule has 1 aromatic carbocycles. The summed E-state index contributed by atoms with van der Waals surface area (Å²) in [5.74, 6) is 1.04. The first kappa shape index (κ1) is 17.1. The molecule has 0 heterocycles. The number of nitrogens with one attached hydrogen (secondary N) is 1. The zero-order valence-electron chi connectivity index (χ0n) is 11.9. The first-order valence-corrected chi connectivity index (χ1v) is 6.49. The number of amides is 1. The predicted molar refractivity (Wildman–Crippen MR) is 72.4 cm³/mol. The van der Waals surface area contributed by atoms with Crippen molar-refractivity contribution in [3.8, 4) is 5.75 Å². The molecule has 1 amide bonds. The number of hydrogen-bond donors (Lipinski definition) is 1. The van der Waals surface area contributed by atoms with Gasteiger partial charge in [0.2, 0.25) is 0 Å². The molecule has 0 bridgehead atoms. The van der Waals surface area contributed by atoms with Crippen LogP contribution in [0.4, 0.5) is 23.7 Å². The minimum absolute atomic E-state index is 0.309. The van der Waals surface area contributed by atoms with E-state index in [0.717, 1.165) is 6.42 Å². The van der Waals surface area contributed by atoms with Gasteiger partial charge < -0.3 is 9.47 Å². The SMILES string of the molecule is CC(C)CCOc1cccc(NC(=O)OCC(F)(F)F)c1. The predicted octanol–water partition coefficient (Wildman–Crippen LogP) is 4.22. The highest BCUT2D eigenvalue weighted by Crippen LogP contribution is 2.19. The molecule has 0 aliphatic rings. The molecule has 1 N–H and O–H groups in total. The number of ether oxygens (including phenoxy) is 2. The normalized spacial score (nSPS) is 11.3. The second-order valence-corrected chi connectivity index (χ2v) is 4.88. The Kier molecular flexibility index (Phi) is 6.33. The van der Waals surface area contributed by atoms with Gasteiger partial charge in [-0.05, 0) is 24.5 Å². The molecule has 21 heavy (non-hydrogen) atoms. The lowest BCUT2D eigenvalue weighted by Gasteiger charge is -2.11. The average molecular weight is 305 g/mol. The Bertz CT molecular complexity index is 461. The molecule has 0 spiro atoms. The summed E-state index contributed by atoms with van der Waals surface area (Å²) in [5, 5.41) is 2.21. The van der Waals surface area contributed by atoms with Crippen LogP contribution in [0.15, 0.2) is 24.3 Å². The molecule has 0 radical (unpaired) electrons. The summed E-state index contributed by atoms with van der Waals surface area (Å²) < 4.78 is 45.2. The molecule has 0 aliphatic heterocycles. The van der Waals surface area contributed by atoms with Gasteiger partial charge in [0.15, 0.2) is 6.61 Å². The van der Waals surface area contributed by atoms with Gasteiger partial charge in [0.05, 0.1) is 6.61 Å². The lowest BCUT2D eigenvalue weighted by Crippen LogP contribution is -2.23. The summed E-state index contributed by atoms with van der Waals surface area (Å²) in [5.41, 5.74) is 0.309. The van der Waals surface area contributed by atoms with E-state index in [0.29, 0.717) is 24.0 Å². The van der Waals surface area contributed by atoms with Crippen molar-refractivity contribution >= 4 is 11.8 Å². The van der Waals surface area contributed by atoms with Gasteiger partial charge in [-0.25, -0.2) is 4.79 Å². The molecule has 7 heteroatoms. The first-order chi connectivity index (χ1) is 9.76. The average Bonchev–Trinajstić information content (AvgIpc) is 2.36. The van der Waals surface area contributed by atoms with Crippen LogP contribution < -0.4 is 10.1 Å². The van der Waals surface area contributed by atoms with Gasteiger partial charge in [-0.2, -0.15) is 13.2 Å². The van der Waals surface area contributed by atoms with Gasteiger partial charge in [-0.15, -0.1) is 0 Å². The van der Waals surface area contributed by atoms with Crippen molar-refractivity contribution in [2.24, 2.45) is 5.92 Å². The van der Waals surface area contributed by atoms with Crippen molar-refractivity contribution in [3.05, 3.63) is 24.3 Å². The third-order valence-electron chi connectivity index (χ3n) is 2.41. The fourth-order valence-electron chi connectivity index (χ4n) is 1.38. The zero-order valence-corrected chi connectivity index (χ0v) is 11.9. The molecule has 0 saturated heterocycles. The van der Waals surface area contributed by atoms with E-state index in [1.165, 1.54) is 12.1 Å². The Morgan fingerprint density at radius 1 is 1.33 bits per heavy atom. The smallest absolute Gasteiger partial charge is 0.422 e. The number of carbonyl (C=O) groups excluding carboxylic acids is 1. The minimum atomic E-state index is -4.54. The number of halogens is 3. The molecule has 1 aromatic rings. The van der Waals surface area contributed by atoms with Gasteiger partial charge in [0.25, 0.3) is 0 Å². The lowest BCUT2D eigenvalue weighted by atomic mass is 10.1. The van der Waals surface area contributed by atoms with Crippen LogP contribution in [-0.4, -0.2) is 25.5 Å². The highest BCUT2D eigenvalue weighted by molar-refractivity contribution is 5.84. The zero-order chi connectivity index (χ0) is 15.9. The summed E-state index contributed by atoms with van der Waals surface area (Å²) in [4.78, 5) is 11.2. The molecule has 4 nitrogen and oxygen atoms in total. The van der Waals surface area contributed by atoms with Crippen LogP contribution in [0.1, 0.15) is 20.3 Å². The molecule has 0 saturated carbocycles. The van der Waals surface area contributed by atoms with Crippen LogP contribution in [0.3, 0.4) is 0 Å². The van der Waals surface area contributed by atoms with Crippen molar-refractivity contribution in [1.82, 2.24) is 0 Å². The van der Waals surface area contributed by atoms with Crippen molar-refractivity contribution < 1.29 is 27.4 Å². The van der Waals surface area contributed by atoms with Crippen LogP contribution in [0.5, 0.6) is 5.75 Å². The van der Waals surface area contributed by atoms with E-state index in [9.17, 15) is 18.0 Å². The molecule has 0 aliphatic carbocycles. The van der Waals surface area contributed by atoms with Crippen molar-refractivity contribution in [2.75, 3.05) is 18.5 Å². The first-order valence-electron chi connectivity index (χ1n) is 6.49. The molecular weight excluding hydrogens is 287 g/mol. The molecule has 0 atom stereocenters. The number of rotatable bonds is 6. The second-order valence-electron chi connectivity index (χ2n) is 4.88. The van der Waals surface area contributed by atoms with Gasteiger partial charge in [0.1, 0.15) is 5.75 Å². The highest BCUT2D eigenvalue weighted by atomic mass is 19.4. The van der Waals surface area contributed by atoms with Crippen molar-refractivity contribution in [3.63, 3.8) is 0 Å². The van der Waals surface area contributed by atoms with Crippen LogP contribution in [0, 0.1) is 5.92 Å². The van der Waals surface area contributed by atoms with Crippen LogP contribution in [0.2, 0.25) is 0 Å². The molecule has 0 aromatic heterocycles. The summed E-state index contributed by atoms with van der Waals surface area (Å²) in [7, 11) is 0. The fraction of sp³-hybridized carbons (Fsp3) is 0.500. The summed E-state index contributed by atoms with van der Waals surface area (Å²) in [6.45, 7) is 3.04. The van der Waals surface area contributed by atoms with E-state index in [1.54, 1.807) is 12.1 Å². The number of alkyl halides is 3. The van der Waals surface area contributed by atoms with Crippen LogP contribution in [0.25, 0.3) is 0 Å². The van der Waals surface area contributed by atoms with E-state index in [1.807, 2.05) is 0 Å². The number of benzene rings is 1. The van der Waals surface area contributed by atoms with E-state index in [-0.39, 0.29) is 0 Å². The maximum Gasteiger partial charge on any atom is 0.422 e. The largest absolute Gasteiger partial charge is 0.494 e. The van der Waals surface area contributed by atoms with Crippen molar-refractivity contribution in [1.29, 1.82) is 0 Å². The molecule has 0 unspecified atom stereocenters. The molecule has 0 fully saturated rings. The van der Waals surface area contributed by atoms with Crippen LogP contribution in [-0.2, 0) is 4.74 Å². The van der Waals surface area contributed by atoms with E-state index < -0.39 is 18.9 Å². The van der Waals surface area contributed by atoms with E-state index in [4.69, 9.17) is 4.74 Å². The summed E-state index contributed by atoms with van der Waals surface area (Å²) in [6.07, 6.45) is -4.82. The topological polar surface area (TPSA) is 47.6 Å². The Morgan fingerprint density at radius 2 is 2.05 bits per heavy atom. The third-order valence-corrected chi connectivity index (χ3v) is 2.41. The van der Waals surface area contributed by atoms with Crippen LogP contribution >= 0.6 is 0 Å². The maximum atomic E-state index is 11.9. The minimum Gasteiger partial charge on any atom is -0.494 e. The highest BCUT2D eigenvalue weighted by Gasteiger charge is 2.29. The molecule has 1 rings (SSSR count). The lowest BCUT2D eigenvalue weighted by molar-refractivity contribution is -0.159. The van der Waals surface area contributed by atoms with Gasteiger partial charge in [0, 0.05) is 11.8 Å². The Morgan fingerprint density at radius 3 is 2.67 bits per heavy atom. The maximum absolute atomic E-state index is 11.9. The monoisotopic (exact) mass is 305 g/mol. The van der Waals surface area contributed by atoms with Gasteiger partial charge in [-0.1, -0.05) is 19.9 Å². The molecular formula is C14H18F3NO3. The van der Waals surface area contributed by atoms with E-state index in [2.05, 4.69) is 23.9 Å². The second kappa shape index (κ2) is 7.75. The Labute approximate surface area is 121 Å². The number of hydrogen-bond acceptors (Lipinski definition) is 3. The Hall–Kier alpha value is -1.92. The van der Waals surface area contributed by atoms with E-state index >= 15 is 0 Å². The standard InChI is InChI=1S/C14H18F3NO3/c1-10(2)6-7-20-12-5-3-4-11(8-12)18-13(19)21-9-14(15,16)17/h3-5,8,10H,6-7,9H2,1-2H3,(H,18,19). The third kappa shape index (κ3) is 8.06. The number of carbonyl (C=O) groups is 1. The number of anilines is 1. The van der Waals surface area contributed by atoms with Gasteiger partial charge in [-0.3, -0.25) is 5.32 Å².